The Balaban J connectivity index is 1.76. The van der Waals surface area contributed by atoms with E-state index in [0.717, 1.165) is 50.1 Å². The van der Waals surface area contributed by atoms with Crippen molar-refractivity contribution >= 4 is 5.91 Å². The van der Waals surface area contributed by atoms with Crippen molar-refractivity contribution in [3.05, 3.63) is 46.8 Å². The van der Waals surface area contributed by atoms with Gasteiger partial charge in [-0.1, -0.05) is 12.8 Å². The van der Waals surface area contributed by atoms with Crippen molar-refractivity contribution in [2.45, 2.75) is 39.2 Å². The number of likely N-dealkylation sites (tertiary alicyclic amines) is 1. The lowest BCUT2D eigenvalue weighted by atomic mass is 10.1. The van der Waals surface area contributed by atoms with Gasteiger partial charge in [0.25, 0.3) is 5.56 Å². The third kappa shape index (κ3) is 4.50. The Morgan fingerprint density at radius 1 is 1.04 bits per heavy atom. The molecule has 1 saturated heterocycles. The standard InChI is InChI=1S/C20H25N3O3/c1-2-26-17-9-7-16(8-10-17)18-11-12-19(24)23(21-18)15-20(25)22-13-5-3-4-6-14-22/h7-12H,2-6,13-15H2,1H3. The fraction of sp³-hybridized carbons (Fsp3) is 0.450. The number of hydrogen-bond acceptors (Lipinski definition) is 4. The Labute approximate surface area is 153 Å². The summed E-state index contributed by atoms with van der Waals surface area (Å²) in [6.45, 7) is 4.08. The van der Waals surface area contributed by atoms with E-state index in [2.05, 4.69) is 5.10 Å². The van der Waals surface area contributed by atoms with Gasteiger partial charge in [0.2, 0.25) is 5.91 Å². The highest BCUT2D eigenvalue weighted by molar-refractivity contribution is 5.76. The van der Waals surface area contributed by atoms with Crippen LogP contribution >= 0.6 is 0 Å². The molecule has 2 heterocycles. The SMILES string of the molecule is CCOc1ccc(-c2ccc(=O)n(CC(=O)N3CCCCCC3)n2)cc1. The van der Waals surface area contributed by atoms with Crippen molar-refractivity contribution in [2.24, 2.45) is 0 Å². The van der Waals surface area contributed by atoms with E-state index in [9.17, 15) is 9.59 Å². The molecule has 6 heteroatoms. The molecule has 0 radical (unpaired) electrons. The number of hydrogen-bond donors (Lipinski definition) is 0. The van der Waals surface area contributed by atoms with Gasteiger partial charge in [-0.2, -0.15) is 5.10 Å². The molecule has 0 N–H and O–H groups in total. The molecular weight excluding hydrogens is 330 g/mol. The second kappa shape index (κ2) is 8.65. The first-order valence-electron chi connectivity index (χ1n) is 9.26. The Morgan fingerprint density at radius 2 is 1.73 bits per heavy atom. The smallest absolute Gasteiger partial charge is 0.267 e. The van der Waals surface area contributed by atoms with Gasteiger partial charge < -0.3 is 9.64 Å². The molecule has 0 bridgehead atoms. The van der Waals surface area contributed by atoms with Gasteiger partial charge in [-0.05, 0) is 50.1 Å². The van der Waals surface area contributed by atoms with Crippen LogP contribution in [0.3, 0.4) is 0 Å². The highest BCUT2D eigenvalue weighted by Gasteiger charge is 2.17. The number of nitrogens with zero attached hydrogens (tertiary/aromatic N) is 3. The lowest BCUT2D eigenvalue weighted by Crippen LogP contribution is -2.37. The molecule has 0 saturated carbocycles. The number of ether oxygens (including phenoxy) is 1. The summed E-state index contributed by atoms with van der Waals surface area (Å²) in [5.41, 5.74) is 1.28. The molecule has 2 aromatic rings. The largest absolute Gasteiger partial charge is 0.494 e. The van der Waals surface area contributed by atoms with Crippen LogP contribution in [-0.4, -0.2) is 40.3 Å². The van der Waals surface area contributed by atoms with Crippen molar-refractivity contribution < 1.29 is 9.53 Å². The highest BCUT2D eigenvalue weighted by atomic mass is 16.5. The predicted octanol–water partition coefficient (Wildman–Crippen LogP) is 2.71. The normalized spacial score (nSPS) is 14.7. The van der Waals surface area contributed by atoms with Crippen LogP contribution in [0.15, 0.2) is 41.2 Å². The molecular formula is C20H25N3O3. The maximum atomic E-state index is 12.5. The zero-order chi connectivity index (χ0) is 18.4. The van der Waals surface area contributed by atoms with E-state index in [1.54, 1.807) is 6.07 Å². The first-order chi connectivity index (χ1) is 12.7. The molecule has 0 aliphatic carbocycles. The lowest BCUT2D eigenvalue weighted by molar-refractivity contribution is -0.132. The highest BCUT2D eigenvalue weighted by Crippen LogP contribution is 2.20. The molecule has 138 valence electrons. The molecule has 6 nitrogen and oxygen atoms in total. The van der Waals surface area contributed by atoms with E-state index in [-0.39, 0.29) is 18.0 Å². The van der Waals surface area contributed by atoms with Gasteiger partial charge >= 0.3 is 0 Å². The van der Waals surface area contributed by atoms with E-state index in [1.165, 1.54) is 10.7 Å². The van der Waals surface area contributed by atoms with Crippen LogP contribution in [0.2, 0.25) is 0 Å². The van der Waals surface area contributed by atoms with Gasteiger partial charge in [-0.15, -0.1) is 0 Å². The summed E-state index contributed by atoms with van der Waals surface area (Å²) >= 11 is 0. The maximum absolute atomic E-state index is 12.5. The van der Waals surface area contributed by atoms with Crippen LogP contribution in [-0.2, 0) is 11.3 Å². The summed E-state index contributed by atoms with van der Waals surface area (Å²) < 4.78 is 6.71. The summed E-state index contributed by atoms with van der Waals surface area (Å²) in [6, 6.07) is 10.7. The van der Waals surface area contributed by atoms with Crippen molar-refractivity contribution in [1.29, 1.82) is 0 Å². The summed E-state index contributed by atoms with van der Waals surface area (Å²) in [4.78, 5) is 26.5. The quantitative estimate of drug-likeness (QED) is 0.827. The predicted molar refractivity (Wildman–Crippen MR) is 100 cm³/mol. The summed E-state index contributed by atoms with van der Waals surface area (Å²) in [5, 5.41) is 4.39. The molecule has 1 aliphatic heterocycles. The molecule has 1 amide bonds. The first-order valence-corrected chi connectivity index (χ1v) is 9.26. The summed E-state index contributed by atoms with van der Waals surface area (Å²) in [5.74, 6) is 0.756. The van der Waals surface area contributed by atoms with Gasteiger partial charge in [-0.3, -0.25) is 9.59 Å². The number of rotatable bonds is 5. The molecule has 26 heavy (non-hydrogen) atoms. The average molecular weight is 355 g/mol. The van der Waals surface area contributed by atoms with Gasteiger partial charge in [0.05, 0.1) is 12.3 Å². The first kappa shape index (κ1) is 18.2. The van der Waals surface area contributed by atoms with E-state index >= 15 is 0 Å². The third-order valence-electron chi connectivity index (χ3n) is 4.57. The number of amides is 1. The second-order valence-electron chi connectivity index (χ2n) is 6.47. The average Bonchev–Trinajstić information content (AvgIpc) is 2.94. The fourth-order valence-electron chi connectivity index (χ4n) is 3.15. The van der Waals surface area contributed by atoms with E-state index in [4.69, 9.17) is 4.74 Å². The van der Waals surface area contributed by atoms with Crippen LogP contribution in [0.25, 0.3) is 11.3 Å². The van der Waals surface area contributed by atoms with Gasteiger partial charge in [0.15, 0.2) is 0 Å². The monoisotopic (exact) mass is 355 g/mol. The molecule has 1 aromatic heterocycles. The topological polar surface area (TPSA) is 64.4 Å². The Kier molecular flexibility index (Phi) is 6.04. The Hall–Kier alpha value is -2.63. The lowest BCUT2D eigenvalue weighted by Gasteiger charge is -2.20. The van der Waals surface area contributed by atoms with E-state index in [0.29, 0.717) is 12.3 Å². The molecule has 3 rings (SSSR count). The van der Waals surface area contributed by atoms with Crippen molar-refractivity contribution in [1.82, 2.24) is 14.7 Å². The number of aromatic nitrogens is 2. The van der Waals surface area contributed by atoms with Crippen LogP contribution in [0, 0.1) is 0 Å². The summed E-state index contributed by atoms with van der Waals surface area (Å²) in [7, 11) is 0. The number of carbonyl (C=O) groups is 1. The summed E-state index contributed by atoms with van der Waals surface area (Å²) in [6.07, 6.45) is 4.38. The minimum atomic E-state index is -0.261. The number of carbonyl (C=O) groups excluding carboxylic acids is 1. The Morgan fingerprint density at radius 3 is 2.38 bits per heavy atom. The molecule has 1 aliphatic rings. The minimum Gasteiger partial charge on any atom is -0.494 e. The van der Waals surface area contributed by atoms with Crippen LogP contribution in [0.4, 0.5) is 0 Å². The second-order valence-corrected chi connectivity index (χ2v) is 6.47. The van der Waals surface area contributed by atoms with Crippen molar-refractivity contribution in [3.8, 4) is 17.0 Å². The van der Waals surface area contributed by atoms with Gasteiger partial charge in [0.1, 0.15) is 12.3 Å². The minimum absolute atomic E-state index is 0.0102. The van der Waals surface area contributed by atoms with E-state index < -0.39 is 0 Å². The molecule has 0 spiro atoms. The molecule has 1 aromatic carbocycles. The van der Waals surface area contributed by atoms with Crippen molar-refractivity contribution in [2.75, 3.05) is 19.7 Å². The molecule has 0 atom stereocenters. The zero-order valence-electron chi connectivity index (χ0n) is 15.2. The van der Waals surface area contributed by atoms with Crippen LogP contribution < -0.4 is 10.3 Å². The third-order valence-corrected chi connectivity index (χ3v) is 4.57. The van der Waals surface area contributed by atoms with E-state index in [1.807, 2.05) is 36.1 Å². The van der Waals surface area contributed by atoms with Gasteiger partial charge in [0, 0.05) is 24.7 Å². The Bertz CT molecular complexity index is 791. The van der Waals surface area contributed by atoms with Crippen LogP contribution in [0.5, 0.6) is 5.75 Å². The molecule has 1 fully saturated rings. The van der Waals surface area contributed by atoms with Crippen LogP contribution in [0.1, 0.15) is 32.6 Å². The maximum Gasteiger partial charge on any atom is 0.267 e. The van der Waals surface area contributed by atoms with Gasteiger partial charge in [-0.25, -0.2) is 4.68 Å². The fourth-order valence-corrected chi connectivity index (χ4v) is 3.15. The molecule has 0 unspecified atom stereocenters. The van der Waals surface area contributed by atoms with Crippen molar-refractivity contribution in [3.63, 3.8) is 0 Å². The number of benzene rings is 1. The zero-order valence-corrected chi connectivity index (χ0v) is 15.2.